The number of amides is 2. The molecule has 1 spiro atoms. The summed E-state index contributed by atoms with van der Waals surface area (Å²) in [5, 5.41) is 11.8. The highest BCUT2D eigenvalue weighted by molar-refractivity contribution is 5.90. The van der Waals surface area contributed by atoms with Crippen molar-refractivity contribution in [2.24, 2.45) is 13.0 Å². The summed E-state index contributed by atoms with van der Waals surface area (Å²) >= 11 is 0. The van der Waals surface area contributed by atoms with Gasteiger partial charge in [0.15, 0.2) is 0 Å². The van der Waals surface area contributed by atoms with Crippen LogP contribution in [0, 0.1) is 5.92 Å². The minimum Gasteiger partial charge on any atom is -0.497 e. The van der Waals surface area contributed by atoms with E-state index in [1.165, 1.54) is 5.56 Å². The van der Waals surface area contributed by atoms with Crippen LogP contribution in [-0.4, -0.2) is 102 Å². The van der Waals surface area contributed by atoms with E-state index in [1.54, 1.807) is 7.11 Å². The highest BCUT2D eigenvalue weighted by Gasteiger charge is 2.50. The molecule has 9 heteroatoms. The molecule has 3 fully saturated rings. The van der Waals surface area contributed by atoms with Gasteiger partial charge in [0.05, 0.1) is 45.0 Å². The average Bonchev–Trinajstić information content (AvgIpc) is 3.74. The van der Waals surface area contributed by atoms with Crippen LogP contribution in [0.25, 0.3) is 10.9 Å². The van der Waals surface area contributed by atoms with Crippen LogP contribution in [0.15, 0.2) is 18.2 Å². The molecular weight excluding hydrogens is 472 g/mol. The molecule has 1 atom stereocenters. The van der Waals surface area contributed by atoms with Crippen molar-refractivity contribution < 1.29 is 24.2 Å². The van der Waals surface area contributed by atoms with E-state index >= 15 is 0 Å². The number of benzene rings is 1. The number of aromatic nitrogens is 1. The first-order valence-corrected chi connectivity index (χ1v) is 13.6. The Hall–Kier alpha value is -2.62. The maximum Gasteiger partial charge on any atom is 0.237 e. The maximum absolute atomic E-state index is 13.8. The molecule has 1 aromatic carbocycles. The molecule has 0 radical (unpaired) electrons. The molecule has 0 bridgehead atoms. The number of methoxy groups -OCH3 is 1. The standard InChI is InChI=1S/C28H38N4O5/c1-29-22-15-20(36-2)5-6-21(22)25-26(29)23(17-33)32(24(34)16-30-11-13-37-14-12-30)18-28(25)7-9-31(10-8-28)27(35)19-3-4-19/h5-6,15,19,23,33H,3-4,7-14,16-18H2,1-2H3/t23-/m0/s1. The molecule has 1 saturated carbocycles. The lowest BCUT2D eigenvalue weighted by molar-refractivity contribution is -0.141. The summed E-state index contributed by atoms with van der Waals surface area (Å²) in [4.78, 5) is 32.8. The third-order valence-corrected chi connectivity index (χ3v) is 9.06. The lowest BCUT2D eigenvalue weighted by atomic mass is 9.68. The van der Waals surface area contributed by atoms with Crippen LogP contribution in [0.3, 0.4) is 0 Å². The normalized spacial score (nSPS) is 23.9. The van der Waals surface area contributed by atoms with Crippen LogP contribution in [0.1, 0.15) is 43.0 Å². The van der Waals surface area contributed by atoms with Crippen molar-refractivity contribution >= 4 is 22.7 Å². The fourth-order valence-corrected chi connectivity index (χ4v) is 6.81. The fourth-order valence-electron chi connectivity index (χ4n) is 6.81. The molecule has 4 heterocycles. The van der Waals surface area contributed by atoms with Gasteiger partial charge in [-0.1, -0.05) is 0 Å². The zero-order valence-electron chi connectivity index (χ0n) is 21.9. The van der Waals surface area contributed by atoms with Crippen molar-refractivity contribution in [3.05, 3.63) is 29.5 Å². The molecular formula is C28H38N4O5. The molecule has 200 valence electrons. The smallest absolute Gasteiger partial charge is 0.237 e. The number of hydrogen-bond donors (Lipinski definition) is 1. The molecule has 2 amide bonds. The molecule has 0 unspecified atom stereocenters. The van der Waals surface area contributed by atoms with Gasteiger partial charge in [0.25, 0.3) is 0 Å². The van der Waals surface area contributed by atoms with E-state index in [1.807, 2.05) is 29.0 Å². The van der Waals surface area contributed by atoms with E-state index in [0.717, 1.165) is 61.1 Å². The third-order valence-electron chi connectivity index (χ3n) is 9.06. The Kier molecular flexibility index (Phi) is 6.41. The van der Waals surface area contributed by atoms with Gasteiger partial charge in [-0.25, -0.2) is 0 Å². The van der Waals surface area contributed by atoms with Crippen molar-refractivity contribution in [2.45, 2.75) is 37.1 Å². The number of aliphatic hydroxyl groups excluding tert-OH is 1. The zero-order chi connectivity index (χ0) is 25.7. The quantitative estimate of drug-likeness (QED) is 0.659. The molecule has 1 aromatic heterocycles. The van der Waals surface area contributed by atoms with Crippen molar-refractivity contribution in [1.29, 1.82) is 0 Å². The lowest BCUT2D eigenvalue weighted by Gasteiger charge is -2.51. The lowest BCUT2D eigenvalue weighted by Crippen LogP contribution is -2.57. The molecule has 1 aliphatic carbocycles. The molecule has 2 aromatic rings. The van der Waals surface area contributed by atoms with Gasteiger partial charge in [0.1, 0.15) is 5.75 Å². The number of aryl methyl sites for hydroxylation is 1. The Labute approximate surface area is 217 Å². The number of ether oxygens (including phenoxy) is 2. The number of carbonyl (C=O) groups is 2. The summed E-state index contributed by atoms with van der Waals surface area (Å²) in [7, 11) is 3.69. The number of aliphatic hydroxyl groups is 1. The summed E-state index contributed by atoms with van der Waals surface area (Å²) in [6.07, 6.45) is 3.64. The Morgan fingerprint density at radius 1 is 1.14 bits per heavy atom. The first-order valence-electron chi connectivity index (χ1n) is 13.6. The van der Waals surface area contributed by atoms with Gasteiger partial charge < -0.3 is 28.9 Å². The second kappa shape index (κ2) is 9.60. The molecule has 1 N–H and O–H groups in total. The Balaban J connectivity index is 1.40. The van der Waals surface area contributed by atoms with Gasteiger partial charge in [-0.15, -0.1) is 0 Å². The molecule has 4 aliphatic rings. The maximum atomic E-state index is 13.8. The zero-order valence-corrected chi connectivity index (χ0v) is 21.9. The van der Waals surface area contributed by atoms with Crippen LogP contribution in [0.2, 0.25) is 0 Å². The molecule has 2 saturated heterocycles. The number of piperidine rings is 1. The van der Waals surface area contributed by atoms with Gasteiger partial charge in [0.2, 0.25) is 11.8 Å². The Morgan fingerprint density at radius 3 is 2.51 bits per heavy atom. The topological polar surface area (TPSA) is 87.5 Å². The number of likely N-dealkylation sites (tertiary alicyclic amines) is 1. The van der Waals surface area contributed by atoms with Crippen LogP contribution in [0.4, 0.5) is 0 Å². The van der Waals surface area contributed by atoms with Crippen molar-refractivity contribution in [3.63, 3.8) is 0 Å². The predicted molar refractivity (Wildman–Crippen MR) is 138 cm³/mol. The molecule has 3 aliphatic heterocycles. The van der Waals surface area contributed by atoms with Crippen molar-refractivity contribution in [2.75, 3.05) is 66.2 Å². The van der Waals surface area contributed by atoms with Crippen LogP contribution >= 0.6 is 0 Å². The van der Waals surface area contributed by atoms with E-state index in [0.29, 0.717) is 45.3 Å². The molecule has 37 heavy (non-hydrogen) atoms. The highest BCUT2D eigenvalue weighted by atomic mass is 16.5. The average molecular weight is 511 g/mol. The minimum absolute atomic E-state index is 0.0466. The first-order chi connectivity index (χ1) is 18.0. The predicted octanol–water partition coefficient (Wildman–Crippen LogP) is 1.66. The summed E-state index contributed by atoms with van der Waals surface area (Å²) < 4.78 is 13.1. The minimum atomic E-state index is -0.413. The number of hydrogen-bond acceptors (Lipinski definition) is 6. The van der Waals surface area contributed by atoms with Crippen LogP contribution in [0.5, 0.6) is 5.75 Å². The number of fused-ring (bicyclic) bond motifs is 4. The number of nitrogens with zero attached hydrogens (tertiary/aromatic N) is 4. The fraction of sp³-hybridized carbons (Fsp3) is 0.643. The van der Waals surface area contributed by atoms with E-state index in [2.05, 4.69) is 15.5 Å². The SMILES string of the molecule is COc1ccc2c3c(n(C)c2c1)[C@H](CO)N(C(=O)CN1CCOCC1)CC31CCN(C(=O)C2CC2)CC1. The second-order valence-electron chi connectivity index (χ2n) is 11.2. The molecule has 9 nitrogen and oxygen atoms in total. The monoisotopic (exact) mass is 510 g/mol. The van der Waals surface area contributed by atoms with Crippen molar-refractivity contribution in [1.82, 2.24) is 19.3 Å². The van der Waals surface area contributed by atoms with Crippen LogP contribution in [-0.2, 0) is 26.8 Å². The Morgan fingerprint density at radius 2 is 1.86 bits per heavy atom. The van der Waals surface area contributed by atoms with Crippen LogP contribution < -0.4 is 4.74 Å². The largest absolute Gasteiger partial charge is 0.497 e. The highest BCUT2D eigenvalue weighted by Crippen LogP contribution is 2.50. The van der Waals surface area contributed by atoms with E-state index in [4.69, 9.17) is 9.47 Å². The van der Waals surface area contributed by atoms with E-state index < -0.39 is 6.04 Å². The summed E-state index contributed by atoms with van der Waals surface area (Å²) in [6, 6.07) is 5.74. The second-order valence-corrected chi connectivity index (χ2v) is 11.2. The number of carbonyl (C=O) groups excluding carboxylic acids is 2. The van der Waals surface area contributed by atoms with Gasteiger partial charge in [-0.3, -0.25) is 14.5 Å². The van der Waals surface area contributed by atoms with Gasteiger partial charge in [-0.05, 0) is 43.4 Å². The first kappa shape index (κ1) is 24.7. The summed E-state index contributed by atoms with van der Waals surface area (Å²) in [5.74, 6) is 1.34. The van der Waals surface area contributed by atoms with E-state index in [9.17, 15) is 14.7 Å². The van der Waals surface area contributed by atoms with E-state index in [-0.39, 0.29) is 23.8 Å². The number of morpholine rings is 1. The Bertz CT molecular complexity index is 1190. The van der Waals surface area contributed by atoms with Crippen molar-refractivity contribution in [3.8, 4) is 5.75 Å². The number of rotatable bonds is 5. The molecule has 6 rings (SSSR count). The van der Waals surface area contributed by atoms with Gasteiger partial charge in [0, 0.05) is 68.3 Å². The van der Waals surface area contributed by atoms with Gasteiger partial charge in [-0.2, -0.15) is 0 Å². The third kappa shape index (κ3) is 4.21. The summed E-state index contributed by atoms with van der Waals surface area (Å²) in [6.45, 7) is 4.93. The van der Waals surface area contributed by atoms with Gasteiger partial charge >= 0.3 is 0 Å². The summed E-state index contributed by atoms with van der Waals surface area (Å²) in [5.41, 5.74) is 3.02.